The number of benzene rings is 2. The van der Waals surface area contributed by atoms with Crippen LogP contribution in [0.25, 0.3) is 10.8 Å². The number of fused-ring (bicyclic) bond motifs is 1. The van der Waals surface area contributed by atoms with Crippen LogP contribution in [0.1, 0.15) is 5.56 Å². The third-order valence-corrected chi connectivity index (χ3v) is 5.24. The molecule has 9 nitrogen and oxygen atoms in total. The van der Waals surface area contributed by atoms with Gasteiger partial charge < -0.3 is 25.4 Å². The summed E-state index contributed by atoms with van der Waals surface area (Å²) in [5.74, 6) is -1.05. The largest absolute Gasteiger partial charge is 0.382 e. The Balaban J connectivity index is 1.47. The molecule has 3 N–H and O–H groups in total. The number of methoxy groups -OCH3 is 1. The second kappa shape index (κ2) is 12.1. The lowest BCUT2D eigenvalue weighted by atomic mass is 10.0. The molecule has 9 heteroatoms. The molecule has 0 aromatic heterocycles. The highest BCUT2D eigenvalue weighted by atomic mass is 16.5. The number of rotatable bonds is 10. The van der Waals surface area contributed by atoms with Crippen molar-refractivity contribution in [3.05, 3.63) is 48.0 Å². The molecule has 32 heavy (non-hydrogen) atoms. The van der Waals surface area contributed by atoms with Gasteiger partial charge >= 0.3 is 0 Å². The molecule has 1 saturated heterocycles. The van der Waals surface area contributed by atoms with Gasteiger partial charge in [-0.3, -0.25) is 19.3 Å². The Morgan fingerprint density at radius 2 is 1.78 bits per heavy atom. The van der Waals surface area contributed by atoms with Crippen LogP contribution >= 0.6 is 0 Å². The number of ether oxygens (including phenoxy) is 2. The molecule has 0 spiro atoms. The molecule has 2 aromatic rings. The summed E-state index contributed by atoms with van der Waals surface area (Å²) in [6, 6.07) is 13.0. The summed E-state index contributed by atoms with van der Waals surface area (Å²) in [4.78, 5) is 39.0. The molecule has 1 atom stereocenters. The van der Waals surface area contributed by atoms with Gasteiger partial charge in [0.05, 0.1) is 32.9 Å². The molecule has 0 radical (unpaired) electrons. The number of hydrogen-bond donors (Lipinski definition) is 3. The molecule has 3 rings (SSSR count). The number of carbonyl (C=O) groups is 3. The first kappa shape index (κ1) is 23.6. The normalized spacial score (nSPS) is 15.2. The molecule has 2 aromatic carbocycles. The summed E-state index contributed by atoms with van der Waals surface area (Å²) in [6.07, 6.45) is 0. The van der Waals surface area contributed by atoms with Crippen LogP contribution in [0.4, 0.5) is 0 Å². The number of hydrogen-bond acceptors (Lipinski definition) is 6. The topological polar surface area (TPSA) is 109 Å². The second-order valence-electron chi connectivity index (χ2n) is 7.60. The lowest BCUT2D eigenvalue weighted by Crippen LogP contribution is -2.52. The summed E-state index contributed by atoms with van der Waals surface area (Å²) < 4.78 is 10.3. The van der Waals surface area contributed by atoms with E-state index in [1.807, 2.05) is 47.4 Å². The Kier molecular flexibility index (Phi) is 8.97. The van der Waals surface area contributed by atoms with Crippen LogP contribution in [0.2, 0.25) is 0 Å². The predicted octanol–water partition coefficient (Wildman–Crippen LogP) is 0.0356. The monoisotopic (exact) mass is 442 g/mol. The van der Waals surface area contributed by atoms with E-state index < -0.39 is 11.9 Å². The molecule has 1 aliphatic heterocycles. The zero-order valence-electron chi connectivity index (χ0n) is 18.3. The van der Waals surface area contributed by atoms with Crippen molar-refractivity contribution in [3.63, 3.8) is 0 Å². The highest BCUT2D eigenvalue weighted by Crippen LogP contribution is 2.18. The Labute approximate surface area is 187 Å². The van der Waals surface area contributed by atoms with Crippen molar-refractivity contribution < 1.29 is 23.9 Å². The van der Waals surface area contributed by atoms with Gasteiger partial charge in [-0.2, -0.15) is 0 Å². The first-order valence-corrected chi connectivity index (χ1v) is 10.7. The zero-order chi connectivity index (χ0) is 22.8. The average molecular weight is 443 g/mol. The second-order valence-corrected chi connectivity index (χ2v) is 7.60. The minimum Gasteiger partial charge on any atom is -0.382 e. The van der Waals surface area contributed by atoms with Crippen molar-refractivity contribution in [1.29, 1.82) is 0 Å². The standard InChI is InChI=1S/C23H30N4O5/c1-31-16-20(26-21(28)14-24-22(29)15-27-9-11-32-12-10-27)23(30)25-13-18-7-4-6-17-5-2-3-8-19(17)18/h2-8,20H,9-16H2,1H3,(H,24,29)(H,25,30)(H,26,28). The summed E-state index contributed by atoms with van der Waals surface area (Å²) in [5.41, 5.74) is 0.981. The van der Waals surface area contributed by atoms with Crippen LogP contribution in [0.5, 0.6) is 0 Å². The summed E-state index contributed by atoms with van der Waals surface area (Å²) in [7, 11) is 1.46. The molecular formula is C23H30N4O5. The molecular weight excluding hydrogens is 412 g/mol. The number of morpholine rings is 1. The van der Waals surface area contributed by atoms with E-state index in [1.165, 1.54) is 7.11 Å². The van der Waals surface area contributed by atoms with E-state index in [2.05, 4.69) is 16.0 Å². The first-order chi connectivity index (χ1) is 15.6. The molecule has 0 bridgehead atoms. The van der Waals surface area contributed by atoms with Crippen molar-refractivity contribution in [2.24, 2.45) is 0 Å². The molecule has 0 saturated carbocycles. The SMILES string of the molecule is COCC(NC(=O)CNC(=O)CN1CCOCC1)C(=O)NCc1cccc2ccccc12. The third kappa shape index (κ3) is 7.01. The van der Waals surface area contributed by atoms with Gasteiger partial charge in [-0.15, -0.1) is 0 Å². The molecule has 3 amide bonds. The van der Waals surface area contributed by atoms with E-state index in [0.29, 0.717) is 32.8 Å². The van der Waals surface area contributed by atoms with E-state index in [1.54, 1.807) is 0 Å². The van der Waals surface area contributed by atoms with E-state index in [4.69, 9.17) is 9.47 Å². The number of nitrogens with zero attached hydrogens (tertiary/aromatic N) is 1. The highest BCUT2D eigenvalue weighted by Gasteiger charge is 2.21. The van der Waals surface area contributed by atoms with E-state index in [9.17, 15) is 14.4 Å². The molecule has 1 heterocycles. The van der Waals surface area contributed by atoms with Gasteiger partial charge in [-0.1, -0.05) is 42.5 Å². The fraction of sp³-hybridized carbons (Fsp3) is 0.435. The Bertz CT molecular complexity index is 924. The van der Waals surface area contributed by atoms with E-state index in [-0.39, 0.29) is 31.5 Å². The zero-order valence-corrected chi connectivity index (χ0v) is 18.3. The van der Waals surface area contributed by atoms with Gasteiger partial charge in [0, 0.05) is 26.7 Å². The highest BCUT2D eigenvalue weighted by molar-refractivity contribution is 5.91. The van der Waals surface area contributed by atoms with Crippen molar-refractivity contribution in [2.45, 2.75) is 12.6 Å². The summed E-state index contributed by atoms with van der Waals surface area (Å²) in [6.45, 7) is 2.92. The van der Waals surface area contributed by atoms with Crippen LogP contribution in [0, 0.1) is 0 Å². The number of amides is 3. The fourth-order valence-electron chi connectivity index (χ4n) is 3.54. The summed E-state index contributed by atoms with van der Waals surface area (Å²) >= 11 is 0. The minimum absolute atomic E-state index is 0.0227. The van der Waals surface area contributed by atoms with Crippen molar-refractivity contribution >= 4 is 28.5 Å². The molecule has 1 fully saturated rings. The van der Waals surface area contributed by atoms with Gasteiger partial charge in [0.1, 0.15) is 6.04 Å². The lowest BCUT2D eigenvalue weighted by Gasteiger charge is -2.25. The van der Waals surface area contributed by atoms with Gasteiger partial charge in [-0.05, 0) is 16.3 Å². The van der Waals surface area contributed by atoms with Crippen molar-refractivity contribution in [3.8, 4) is 0 Å². The predicted molar refractivity (Wildman–Crippen MR) is 120 cm³/mol. The smallest absolute Gasteiger partial charge is 0.245 e. The molecule has 1 aliphatic rings. The third-order valence-electron chi connectivity index (χ3n) is 5.24. The van der Waals surface area contributed by atoms with Gasteiger partial charge in [0.25, 0.3) is 0 Å². The molecule has 0 aliphatic carbocycles. The maximum atomic E-state index is 12.7. The number of carbonyl (C=O) groups excluding carboxylic acids is 3. The maximum absolute atomic E-state index is 12.7. The molecule has 172 valence electrons. The van der Waals surface area contributed by atoms with Crippen LogP contribution in [0.3, 0.4) is 0 Å². The van der Waals surface area contributed by atoms with Gasteiger partial charge in [0.2, 0.25) is 17.7 Å². The Hall–Kier alpha value is -3.01. The van der Waals surface area contributed by atoms with Crippen molar-refractivity contribution in [1.82, 2.24) is 20.9 Å². The Morgan fingerprint density at radius 1 is 1.03 bits per heavy atom. The fourth-order valence-corrected chi connectivity index (χ4v) is 3.54. The maximum Gasteiger partial charge on any atom is 0.245 e. The van der Waals surface area contributed by atoms with Gasteiger partial charge in [-0.25, -0.2) is 0 Å². The minimum atomic E-state index is -0.862. The van der Waals surface area contributed by atoms with Crippen LogP contribution < -0.4 is 16.0 Å². The van der Waals surface area contributed by atoms with Crippen molar-refractivity contribution in [2.75, 3.05) is 53.1 Å². The van der Waals surface area contributed by atoms with E-state index in [0.717, 1.165) is 16.3 Å². The van der Waals surface area contributed by atoms with Crippen LogP contribution in [0.15, 0.2) is 42.5 Å². The Morgan fingerprint density at radius 3 is 2.56 bits per heavy atom. The lowest BCUT2D eigenvalue weighted by molar-refractivity contribution is -0.131. The number of nitrogens with one attached hydrogen (secondary N) is 3. The first-order valence-electron chi connectivity index (χ1n) is 10.7. The quantitative estimate of drug-likeness (QED) is 0.479. The summed E-state index contributed by atoms with van der Waals surface area (Å²) in [5, 5.41) is 10.2. The van der Waals surface area contributed by atoms with Crippen LogP contribution in [-0.2, 0) is 30.4 Å². The molecule has 1 unspecified atom stereocenters. The average Bonchev–Trinajstić information content (AvgIpc) is 2.81. The van der Waals surface area contributed by atoms with Gasteiger partial charge in [0.15, 0.2) is 0 Å². The van der Waals surface area contributed by atoms with Crippen LogP contribution in [-0.4, -0.2) is 81.8 Å². The van der Waals surface area contributed by atoms with E-state index >= 15 is 0 Å².